The highest BCUT2D eigenvalue weighted by molar-refractivity contribution is 5.82. The van der Waals surface area contributed by atoms with Gasteiger partial charge in [-0.25, -0.2) is 4.79 Å². The van der Waals surface area contributed by atoms with E-state index in [1.165, 1.54) is 0 Å². The van der Waals surface area contributed by atoms with Crippen LogP contribution in [0.25, 0.3) is 0 Å². The lowest BCUT2D eigenvalue weighted by atomic mass is 10.5. The Morgan fingerprint density at radius 3 is 3.00 bits per heavy atom. The zero-order valence-corrected chi connectivity index (χ0v) is 5.13. The SMILES string of the molecule is CCOC(=O)C=CC#N. The van der Waals surface area contributed by atoms with Gasteiger partial charge in [-0.05, 0) is 6.92 Å². The average Bonchev–Trinajstić information content (AvgIpc) is 1.85. The second kappa shape index (κ2) is 4.85. The molecule has 0 radical (unpaired) electrons. The summed E-state index contributed by atoms with van der Waals surface area (Å²) >= 11 is 0. The molecular formula is C6H7NO2. The highest BCUT2D eigenvalue weighted by Gasteiger charge is 1.89. The molecule has 48 valence electrons. The normalized spacial score (nSPS) is 8.89. The first kappa shape index (κ1) is 7.70. The maximum Gasteiger partial charge on any atom is 0.331 e. The zero-order valence-electron chi connectivity index (χ0n) is 5.13. The fraction of sp³-hybridized carbons (Fsp3) is 0.333. The van der Waals surface area contributed by atoms with Crippen molar-refractivity contribution >= 4 is 5.97 Å². The first-order valence-electron chi connectivity index (χ1n) is 2.54. The fourth-order valence-corrected chi connectivity index (χ4v) is 0.296. The van der Waals surface area contributed by atoms with Gasteiger partial charge in [-0.3, -0.25) is 0 Å². The molecular weight excluding hydrogens is 118 g/mol. The summed E-state index contributed by atoms with van der Waals surface area (Å²) in [6.45, 7) is 2.05. The molecule has 0 spiro atoms. The van der Waals surface area contributed by atoms with E-state index in [-0.39, 0.29) is 0 Å². The third kappa shape index (κ3) is 4.56. The summed E-state index contributed by atoms with van der Waals surface area (Å²) in [6, 6.07) is 1.68. The van der Waals surface area contributed by atoms with Crippen LogP contribution < -0.4 is 0 Å². The van der Waals surface area contributed by atoms with E-state index in [9.17, 15) is 4.79 Å². The number of esters is 1. The molecule has 0 N–H and O–H groups in total. The van der Waals surface area contributed by atoms with Crippen molar-refractivity contribution in [2.75, 3.05) is 6.61 Å². The number of nitriles is 1. The molecule has 0 rings (SSSR count). The van der Waals surface area contributed by atoms with Crippen LogP contribution in [0.2, 0.25) is 0 Å². The number of hydrogen-bond acceptors (Lipinski definition) is 3. The second-order valence-electron chi connectivity index (χ2n) is 1.21. The van der Waals surface area contributed by atoms with Gasteiger partial charge in [-0.2, -0.15) is 5.26 Å². The summed E-state index contributed by atoms with van der Waals surface area (Å²) in [6.07, 6.45) is 2.17. The monoisotopic (exact) mass is 125 g/mol. The van der Waals surface area contributed by atoms with Crippen LogP contribution in [-0.2, 0) is 9.53 Å². The first-order valence-corrected chi connectivity index (χ1v) is 2.54. The topological polar surface area (TPSA) is 50.1 Å². The molecule has 0 aliphatic rings. The minimum Gasteiger partial charge on any atom is -0.463 e. The van der Waals surface area contributed by atoms with E-state index in [2.05, 4.69) is 4.74 Å². The fourth-order valence-electron chi connectivity index (χ4n) is 0.296. The second-order valence-corrected chi connectivity index (χ2v) is 1.21. The van der Waals surface area contributed by atoms with Crippen molar-refractivity contribution in [2.24, 2.45) is 0 Å². The van der Waals surface area contributed by atoms with E-state index >= 15 is 0 Å². The molecule has 0 heterocycles. The van der Waals surface area contributed by atoms with Gasteiger partial charge < -0.3 is 4.74 Å². The van der Waals surface area contributed by atoms with Crippen LogP contribution in [0, 0.1) is 11.3 Å². The Morgan fingerprint density at radius 1 is 1.89 bits per heavy atom. The Hall–Kier alpha value is -1.30. The molecule has 3 heteroatoms. The van der Waals surface area contributed by atoms with E-state index in [4.69, 9.17) is 5.26 Å². The molecule has 9 heavy (non-hydrogen) atoms. The van der Waals surface area contributed by atoms with Crippen LogP contribution >= 0.6 is 0 Å². The molecule has 0 aromatic carbocycles. The number of ether oxygens (including phenoxy) is 1. The average molecular weight is 125 g/mol. The van der Waals surface area contributed by atoms with Gasteiger partial charge in [0.25, 0.3) is 0 Å². The molecule has 3 nitrogen and oxygen atoms in total. The van der Waals surface area contributed by atoms with Gasteiger partial charge in [0.2, 0.25) is 0 Å². The summed E-state index contributed by atoms with van der Waals surface area (Å²) < 4.78 is 4.47. The van der Waals surface area contributed by atoms with E-state index in [0.29, 0.717) is 6.61 Å². The Bertz CT molecular complexity index is 155. The highest BCUT2D eigenvalue weighted by atomic mass is 16.5. The van der Waals surface area contributed by atoms with Crippen LogP contribution in [0.5, 0.6) is 0 Å². The first-order chi connectivity index (χ1) is 4.31. The van der Waals surface area contributed by atoms with E-state index in [1.807, 2.05) is 0 Å². The van der Waals surface area contributed by atoms with Crippen molar-refractivity contribution in [1.82, 2.24) is 0 Å². The minimum absolute atomic E-state index is 0.342. The smallest absolute Gasteiger partial charge is 0.331 e. The standard InChI is InChI=1S/C6H7NO2/c1-2-9-6(8)4-3-5-7/h3-4H,2H2,1H3. The Balaban J connectivity index is 3.53. The molecule has 0 aliphatic heterocycles. The molecule has 0 atom stereocenters. The van der Waals surface area contributed by atoms with E-state index in [1.54, 1.807) is 13.0 Å². The van der Waals surface area contributed by atoms with Crippen molar-refractivity contribution in [3.05, 3.63) is 12.2 Å². The van der Waals surface area contributed by atoms with Crippen molar-refractivity contribution in [3.8, 4) is 6.07 Å². The lowest BCUT2D eigenvalue weighted by molar-refractivity contribution is -0.137. The molecule has 0 aromatic rings. The lowest BCUT2D eigenvalue weighted by Gasteiger charge is -1.91. The maximum absolute atomic E-state index is 10.3. The summed E-state index contributed by atoms with van der Waals surface area (Å²) in [4.78, 5) is 10.3. The quantitative estimate of drug-likeness (QED) is 0.309. The van der Waals surface area contributed by atoms with Gasteiger partial charge in [-0.15, -0.1) is 0 Å². The lowest BCUT2D eigenvalue weighted by Crippen LogP contribution is -1.98. The van der Waals surface area contributed by atoms with Gasteiger partial charge >= 0.3 is 5.97 Å². The van der Waals surface area contributed by atoms with E-state index < -0.39 is 5.97 Å². The summed E-state index contributed by atoms with van der Waals surface area (Å²) in [5, 5.41) is 7.94. The summed E-state index contributed by atoms with van der Waals surface area (Å²) in [5.74, 6) is -0.473. The van der Waals surface area contributed by atoms with Crippen LogP contribution in [0.1, 0.15) is 6.92 Å². The van der Waals surface area contributed by atoms with Crippen molar-refractivity contribution in [2.45, 2.75) is 6.92 Å². The molecule has 0 aliphatic carbocycles. The molecule has 0 bridgehead atoms. The molecule has 0 fully saturated rings. The molecule has 0 aromatic heterocycles. The number of carbonyl (C=O) groups excluding carboxylic acids is 1. The summed E-state index contributed by atoms with van der Waals surface area (Å²) in [5.41, 5.74) is 0. The van der Waals surface area contributed by atoms with Crippen LogP contribution in [0.4, 0.5) is 0 Å². The van der Waals surface area contributed by atoms with Gasteiger partial charge in [0.05, 0.1) is 12.7 Å². The van der Waals surface area contributed by atoms with Gasteiger partial charge in [0, 0.05) is 12.2 Å². The number of hydrogen-bond donors (Lipinski definition) is 0. The minimum atomic E-state index is -0.473. The molecule has 0 amide bonds. The van der Waals surface area contributed by atoms with Gasteiger partial charge in [0.1, 0.15) is 0 Å². The van der Waals surface area contributed by atoms with Crippen molar-refractivity contribution < 1.29 is 9.53 Å². The maximum atomic E-state index is 10.3. The van der Waals surface area contributed by atoms with Crippen molar-refractivity contribution in [1.29, 1.82) is 5.26 Å². The predicted octanol–water partition coefficient (Wildman–Crippen LogP) is 0.629. The summed E-state index contributed by atoms with van der Waals surface area (Å²) in [7, 11) is 0. The highest BCUT2D eigenvalue weighted by Crippen LogP contribution is 1.78. The number of nitrogens with zero attached hydrogens (tertiary/aromatic N) is 1. The van der Waals surface area contributed by atoms with Crippen LogP contribution in [0.15, 0.2) is 12.2 Å². The Morgan fingerprint density at radius 2 is 2.56 bits per heavy atom. The Kier molecular flexibility index (Phi) is 4.15. The van der Waals surface area contributed by atoms with Gasteiger partial charge in [-0.1, -0.05) is 0 Å². The van der Waals surface area contributed by atoms with Crippen LogP contribution in [0.3, 0.4) is 0 Å². The zero-order chi connectivity index (χ0) is 7.11. The number of carbonyl (C=O) groups is 1. The third-order valence-corrected chi connectivity index (χ3v) is 0.581. The number of allylic oxidation sites excluding steroid dienone is 1. The largest absolute Gasteiger partial charge is 0.463 e. The Labute approximate surface area is 53.5 Å². The third-order valence-electron chi connectivity index (χ3n) is 0.581. The molecule has 0 unspecified atom stereocenters. The predicted molar refractivity (Wildman–Crippen MR) is 31.4 cm³/mol. The van der Waals surface area contributed by atoms with Crippen molar-refractivity contribution in [3.63, 3.8) is 0 Å². The molecule has 0 saturated heterocycles. The van der Waals surface area contributed by atoms with Gasteiger partial charge in [0.15, 0.2) is 0 Å². The van der Waals surface area contributed by atoms with E-state index in [0.717, 1.165) is 12.2 Å². The number of rotatable bonds is 2. The molecule has 0 saturated carbocycles. The van der Waals surface area contributed by atoms with Crippen LogP contribution in [-0.4, -0.2) is 12.6 Å².